The number of carbonyl (C=O) groups is 2. The standard InChI is InChI=1S/C31H57O2P/c1-20-19-21(2)23(29(11,12)31(15,16)25(33)27(6,7)8)34-18-17-22(20)28(9,10)30(13,14)24(32)26(3,4)5/h17-18,20-23,34H,19H2,1-16H3/b18-17+. The third-order valence-electron chi connectivity index (χ3n) is 9.84. The molecular formula is C31H57O2P. The highest BCUT2D eigenvalue weighted by Crippen LogP contribution is 2.57. The topological polar surface area (TPSA) is 34.1 Å². The maximum atomic E-state index is 13.5. The molecule has 1 heterocycles. The molecule has 0 aromatic carbocycles. The lowest BCUT2D eigenvalue weighted by Gasteiger charge is -2.53. The molecule has 5 unspecified atom stereocenters. The van der Waals surface area contributed by atoms with E-state index in [1.807, 2.05) is 41.5 Å². The Balaban J connectivity index is 3.39. The fourth-order valence-electron chi connectivity index (χ4n) is 6.62. The van der Waals surface area contributed by atoms with Crippen molar-refractivity contribution < 1.29 is 9.59 Å². The van der Waals surface area contributed by atoms with Gasteiger partial charge in [0.1, 0.15) is 11.6 Å². The molecule has 0 amide bonds. The number of hydrogen-bond acceptors (Lipinski definition) is 2. The summed E-state index contributed by atoms with van der Waals surface area (Å²) in [7, 11) is 0.667. The molecule has 5 atom stereocenters. The highest BCUT2D eigenvalue weighted by Gasteiger charge is 2.54. The molecular weight excluding hydrogens is 435 g/mol. The van der Waals surface area contributed by atoms with Crippen LogP contribution in [0.5, 0.6) is 0 Å². The van der Waals surface area contributed by atoms with Gasteiger partial charge in [0.05, 0.1) is 0 Å². The van der Waals surface area contributed by atoms with Gasteiger partial charge in [-0.25, -0.2) is 0 Å². The van der Waals surface area contributed by atoms with Crippen LogP contribution in [0.1, 0.15) is 117 Å². The van der Waals surface area contributed by atoms with Crippen LogP contribution in [0.3, 0.4) is 0 Å². The van der Waals surface area contributed by atoms with Crippen LogP contribution in [-0.2, 0) is 9.59 Å². The second kappa shape index (κ2) is 9.76. The Labute approximate surface area is 214 Å². The molecule has 198 valence electrons. The Bertz CT molecular complexity index is 783. The second-order valence-electron chi connectivity index (χ2n) is 15.6. The van der Waals surface area contributed by atoms with Crippen LogP contribution >= 0.6 is 8.58 Å². The van der Waals surface area contributed by atoms with Gasteiger partial charge >= 0.3 is 0 Å². The number of hydrogen-bond donors (Lipinski definition) is 0. The van der Waals surface area contributed by atoms with Gasteiger partial charge in [-0.3, -0.25) is 9.59 Å². The third kappa shape index (κ3) is 5.74. The minimum atomic E-state index is -0.431. The van der Waals surface area contributed by atoms with E-state index in [0.717, 1.165) is 6.42 Å². The van der Waals surface area contributed by atoms with E-state index in [2.05, 4.69) is 81.1 Å². The molecule has 0 fully saturated rings. The number of carbonyl (C=O) groups excluding carboxylic acids is 2. The molecule has 1 aliphatic rings. The van der Waals surface area contributed by atoms with Crippen molar-refractivity contribution in [3.05, 3.63) is 11.9 Å². The Morgan fingerprint density at radius 2 is 1.03 bits per heavy atom. The van der Waals surface area contributed by atoms with Crippen molar-refractivity contribution in [2.45, 2.75) is 123 Å². The maximum Gasteiger partial charge on any atom is 0.144 e. The van der Waals surface area contributed by atoms with E-state index >= 15 is 0 Å². The van der Waals surface area contributed by atoms with Gasteiger partial charge in [0.15, 0.2) is 0 Å². The number of ketones is 2. The van der Waals surface area contributed by atoms with Crippen LogP contribution in [0.25, 0.3) is 0 Å². The van der Waals surface area contributed by atoms with E-state index < -0.39 is 10.8 Å². The van der Waals surface area contributed by atoms with E-state index in [1.165, 1.54) is 0 Å². The van der Waals surface area contributed by atoms with Crippen molar-refractivity contribution >= 4 is 20.1 Å². The van der Waals surface area contributed by atoms with Crippen LogP contribution in [0, 0.1) is 50.2 Å². The lowest BCUT2D eigenvalue weighted by atomic mass is 9.53. The number of allylic oxidation sites excluding steroid dienone is 1. The third-order valence-corrected chi connectivity index (χ3v) is 11.9. The molecule has 0 aliphatic carbocycles. The monoisotopic (exact) mass is 492 g/mol. The van der Waals surface area contributed by atoms with Gasteiger partial charge in [-0.1, -0.05) is 131 Å². The highest BCUT2D eigenvalue weighted by molar-refractivity contribution is 7.42. The van der Waals surface area contributed by atoms with Crippen LogP contribution in [0.4, 0.5) is 0 Å². The Morgan fingerprint density at radius 1 is 0.647 bits per heavy atom. The van der Waals surface area contributed by atoms with Gasteiger partial charge in [0.25, 0.3) is 0 Å². The van der Waals surface area contributed by atoms with Crippen molar-refractivity contribution in [3.63, 3.8) is 0 Å². The molecule has 1 aliphatic heterocycles. The zero-order valence-electron chi connectivity index (χ0n) is 25.5. The van der Waals surface area contributed by atoms with E-state index in [0.29, 0.717) is 43.6 Å². The molecule has 0 bridgehead atoms. The molecule has 0 saturated carbocycles. The lowest BCUT2D eigenvalue weighted by molar-refractivity contribution is -0.144. The SMILES string of the molecule is CC1CC(C)C(C(C)(C)C(C)(C)C(=O)C(C)(C)C)P/C=C/C1C(C)(C)C(C)(C)C(=O)C(C)(C)C. The zero-order chi connectivity index (χ0) is 27.3. The predicted molar refractivity (Wildman–Crippen MR) is 152 cm³/mol. The molecule has 1 rings (SSSR count). The first kappa shape index (κ1) is 31.5. The first-order valence-electron chi connectivity index (χ1n) is 13.4. The van der Waals surface area contributed by atoms with Crippen LogP contribution in [-0.4, -0.2) is 17.2 Å². The van der Waals surface area contributed by atoms with Gasteiger partial charge in [0, 0.05) is 21.7 Å². The number of Topliss-reactive ketones (excluding diaryl/α,β-unsaturated/α-hetero) is 2. The summed E-state index contributed by atoms with van der Waals surface area (Å²) in [6.07, 6.45) is 3.54. The largest absolute Gasteiger partial charge is 0.298 e. The molecule has 0 saturated heterocycles. The van der Waals surface area contributed by atoms with Gasteiger partial charge in [-0.05, 0) is 40.7 Å². The summed E-state index contributed by atoms with van der Waals surface area (Å²) >= 11 is 0. The Kier molecular flexibility index (Phi) is 9.05. The highest BCUT2D eigenvalue weighted by atomic mass is 31.1. The minimum absolute atomic E-state index is 0.122. The number of rotatable bonds is 6. The second-order valence-corrected chi connectivity index (χ2v) is 16.9. The van der Waals surface area contributed by atoms with Gasteiger partial charge in [-0.15, -0.1) is 0 Å². The van der Waals surface area contributed by atoms with Crippen molar-refractivity contribution in [2.24, 2.45) is 50.2 Å². The molecule has 34 heavy (non-hydrogen) atoms. The van der Waals surface area contributed by atoms with E-state index in [4.69, 9.17) is 0 Å². The molecule has 2 nitrogen and oxygen atoms in total. The van der Waals surface area contributed by atoms with Crippen molar-refractivity contribution in [3.8, 4) is 0 Å². The van der Waals surface area contributed by atoms with Crippen molar-refractivity contribution in [2.75, 3.05) is 0 Å². The summed E-state index contributed by atoms with van der Waals surface area (Å²) < 4.78 is 0. The summed E-state index contributed by atoms with van der Waals surface area (Å²) in [6, 6.07) is 0. The average Bonchev–Trinajstić information content (AvgIpc) is 2.62. The molecule has 0 aromatic rings. The summed E-state index contributed by atoms with van der Waals surface area (Å²) in [5.74, 6) is 4.38. The minimum Gasteiger partial charge on any atom is -0.298 e. The van der Waals surface area contributed by atoms with Crippen LogP contribution < -0.4 is 0 Å². The predicted octanol–water partition coefficient (Wildman–Crippen LogP) is 9.17. The van der Waals surface area contributed by atoms with E-state index in [1.54, 1.807) is 0 Å². The first-order chi connectivity index (χ1) is 14.8. The fourth-order valence-corrected chi connectivity index (χ4v) is 8.39. The first-order valence-corrected chi connectivity index (χ1v) is 14.5. The van der Waals surface area contributed by atoms with Gasteiger partial charge in [-0.2, -0.15) is 0 Å². The fraction of sp³-hybridized carbons (Fsp3) is 0.871. The summed E-state index contributed by atoms with van der Waals surface area (Å²) in [4.78, 5) is 27.0. The summed E-state index contributed by atoms with van der Waals surface area (Å²) in [6.45, 7) is 34.9. The van der Waals surface area contributed by atoms with Crippen LogP contribution in [0.15, 0.2) is 11.9 Å². The Hall–Kier alpha value is -0.490. The Morgan fingerprint density at radius 3 is 1.41 bits per heavy atom. The van der Waals surface area contributed by atoms with Gasteiger partial charge < -0.3 is 0 Å². The quantitative estimate of drug-likeness (QED) is 0.346. The van der Waals surface area contributed by atoms with Crippen LogP contribution in [0.2, 0.25) is 0 Å². The average molecular weight is 493 g/mol. The molecule has 0 spiro atoms. The van der Waals surface area contributed by atoms with E-state index in [9.17, 15) is 9.59 Å². The zero-order valence-corrected chi connectivity index (χ0v) is 26.5. The normalized spacial score (nSPS) is 27.8. The van der Waals surface area contributed by atoms with E-state index in [-0.39, 0.29) is 21.7 Å². The molecule has 0 N–H and O–H groups in total. The van der Waals surface area contributed by atoms with Crippen molar-refractivity contribution in [1.29, 1.82) is 0 Å². The van der Waals surface area contributed by atoms with Crippen molar-refractivity contribution in [1.82, 2.24) is 0 Å². The maximum absolute atomic E-state index is 13.5. The van der Waals surface area contributed by atoms with Gasteiger partial charge in [0.2, 0.25) is 0 Å². The molecule has 0 radical (unpaired) electrons. The lowest BCUT2D eigenvalue weighted by Crippen LogP contribution is -2.52. The molecule has 0 aromatic heterocycles. The molecule has 3 heteroatoms. The summed E-state index contributed by atoms with van der Waals surface area (Å²) in [5, 5.41) is 0. The smallest absolute Gasteiger partial charge is 0.144 e. The summed E-state index contributed by atoms with van der Waals surface area (Å²) in [5.41, 5.74) is -1.39.